The molecule has 0 radical (unpaired) electrons. The number of thiophene rings is 2. The van der Waals surface area contributed by atoms with Gasteiger partial charge in [-0.15, -0.1) is 22.7 Å². The molecule has 0 unspecified atom stereocenters. The summed E-state index contributed by atoms with van der Waals surface area (Å²) in [6.45, 7) is 0. The molecule has 0 atom stereocenters. The zero-order chi connectivity index (χ0) is 16.4. The van der Waals surface area contributed by atoms with Crippen LogP contribution in [0.15, 0.2) is 53.5 Å². The summed E-state index contributed by atoms with van der Waals surface area (Å²) in [5.74, 6) is 0.803. The fourth-order valence-corrected chi connectivity index (χ4v) is 5.68. The lowest BCUT2D eigenvalue weighted by Crippen LogP contribution is -1.85. The third kappa shape index (κ3) is 3.28. The molecular weight excluding hydrogens is 350 g/mol. The Labute approximate surface area is 155 Å². The number of benzene rings is 1. The molecule has 4 heteroatoms. The average molecular weight is 368 g/mol. The van der Waals surface area contributed by atoms with Crippen LogP contribution in [-0.2, 0) is 0 Å². The second-order valence-electron chi connectivity index (χ2n) is 6.10. The minimum atomic E-state index is 0.803. The number of hydrogen-bond donors (Lipinski definition) is 0. The first-order chi connectivity index (χ1) is 11.8. The van der Waals surface area contributed by atoms with Gasteiger partial charge in [0.05, 0.1) is 10.8 Å². The third-order valence-electron chi connectivity index (χ3n) is 4.56. The van der Waals surface area contributed by atoms with E-state index in [4.69, 9.17) is 0 Å². The van der Waals surface area contributed by atoms with Crippen molar-refractivity contribution in [2.45, 2.75) is 31.6 Å². The lowest BCUT2D eigenvalue weighted by atomic mass is 10.1. The van der Waals surface area contributed by atoms with Crippen molar-refractivity contribution in [2.75, 3.05) is 0 Å². The van der Waals surface area contributed by atoms with E-state index in [-0.39, 0.29) is 0 Å². The van der Waals surface area contributed by atoms with Gasteiger partial charge in [0.25, 0.3) is 0 Å². The Balaban J connectivity index is 1.57. The molecule has 2 heterocycles. The Morgan fingerprint density at radius 1 is 0.833 bits per heavy atom. The summed E-state index contributed by atoms with van der Waals surface area (Å²) >= 11 is 8.48. The van der Waals surface area contributed by atoms with Crippen LogP contribution in [0.25, 0.3) is 20.2 Å². The highest BCUT2D eigenvalue weighted by atomic mass is 32.1. The smallest absolute Gasteiger partial charge is 0.0739 e. The summed E-state index contributed by atoms with van der Waals surface area (Å²) < 4.78 is 0. The van der Waals surface area contributed by atoms with E-state index >= 15 is 0 Å². The van der Waals surface area contributed by atoms with Gasteiger partial charge >= 0.3 is 0 Å². The minimum absolute atomic E-state index is 0.803. The Morgan fingerprint density at radius 2 is 1.50 bits per heavy atom. The van der Waals surface area contributed by atoms with E-state index in [2.05, 4.69) is 58.8 Å². The van der Waals surface area contributed by atoms with Crippen molar-refractivity contribution in [1.82, 2.24) is 0 Å². The zero-order valence-corrected chi connectivity index (χ0v) is 15.6. The summed E-state index contributed by atoms with van der Waals surface area (Å²) in [5.41, 5.74) is 2.08. The molecule has 4 rings (SSSR count). The number of rotatable bonds is 4. The quantitative estimate of drug-likeness (QED) is 0.343. The molecule has 0 N–H and O–H groups in total. The second kappa shape index (κ2) is 7.12. The van der Waals surface area contributed by atoms with Crippen LogP contribution < -0.4 is 0 Å². The predicted molar refractivity (Wildman–Crippen MR) is 109 cm³/mol. The molecule has 1 nitrogen and oxygen atoms in total. The van der Waals surface area contributed by atoms with Gasteiger partial charge in [0, 0.05) is 19.5 Å². The number of hydrogen-bond acceptors (Lipinski definition) is 4. The Morgan fingerprint density at radius 3 is 2.25 bits per heavy atom. The van der Waals surface area contributed by atoms with Crippen LogP contribution >= 0.6 is 34.9 Å². The molecule has 1 aliphatic rings. The highest BCUT2D eigenvalue weighted by molar-refractivity contribution is 7.78. The predicted octanol–water partition coefficient (Wildman–Crippen LogP) is 7.54. The Kier molecular flexibility index (Phi) is 4.72. The highest BCUT2D eigenvalue weighted by Crippen LogP contribution is 2.43. The topological polar surface area (TPSA) is 12.4 Å². The van der Waals surface area contributed by atoms with Gasteiger partial charge in [-0.3, -0.25) is 0 Å². The van der Waals surface area contributed by atoms with E-state index in [1.54, 1.807) is 4.88 Å². The van der Waals surface area contributed by atoms with Crippen molar-refractivity contribution >= 4 is 45.7 Å². The van der Waals surface area contributed by atoms with Gasteiger partial charge in [-0.1, -0.05) is 25.0 Å². The first-order valence-electron chi connectivity index (χ1n) is 8.22. The van der Waals surface area contributed by atoms with Crippen molar-refractivity contribution in [1.29, 1.82) is 0 Å². The fourth-order valence-electron chi connectivity index (χ4n) is 3.29. The highest BCUT2D eigenvalue weighted by Gasteiger charge is 2.19. The van der Waals surface area contributed by atoms with Gasteiger partial charge in [0.1, 0.15) is 0 Å². The third-order valence-corrected chi connectivity index (χ3v) is 7.23. The molecule has 0 amide bonds. The van der Waals surface area contributed by atoms with Crippen molar-refractivity contribution in [3.8, 4) is 20.2 Å². The number of nitrogens with zero attached hydrogens (tertiary/aromatic N) is 1. The summed E-state index contributed by atoms with van der Waals surface area (Å²) in [4.78, 5) is 9.62. The maximum absolute atomic E-state index is 4.65. The second-order valence-corrected chi connectivity index (χ2v) is 8.48. The van der Waals surface area contributed by atoms with Crippen LogP contribution in [-0.4, -0.2) is 5.16 Å². The lowest BCUT2D eigenvalue weighted by Gasteiger charge is -2.03. The SMILES string of the molecule is S=C=Nc1ccc(-c2ccc(-c3ccc(C4CCCC4)s3)s2)cc1. The Bertz CT molecular complexity index is 876. The van der Waals surface area contributed by atoms with E-state index in [0.717, 1.165) is 11.6 Å². The number of aliphatic imine (C=N–C) groups is 1. The molecule has 0 bridgehead atoms. The maximum Gasteiger partial charge on any atom is 0.0739 e. The van der Waals surface area contributed by atoms with Crippen molar-refractivity contribution in [3.05, 3.63) is 53.4 Å². The normalized spacial score (nSPS) is 14.7. The van der Waals surface area contributed by atoms with Crippen LogP contribution in [0, 0.1) is 0 Å². The first kappa shape index (κ1) is 15.9. The monoisotopic (exact) mass is 367 g/mol. The van der Waals surface area contributed by atoms with E-state index in [1.807, 2.05) is 34.8 Å². The van der Waals surface area contributed by atoms with Crippen molar-refractivity contribution in [2.24, 2.45) is 4.99 Å². The van der Waals surface area contributed by atoms with Gasteiger partial charge in [0.2, 0.25) is 0 Å². The zero-order valence-electron chi connectivity index (χ0n) is 13.2. The standard InChI is InChI=1S/C20H17NS3/c22-13-21-16-7-5-15(6-8-16)18-10-12-20(24-18)19-11-9-17(23-19)14-3-1-2-4-14/h5-12,14H,1-4H2. The molecule has 24 heavy (non-hydrogen) atoms. The van der Waals surface area contributed by atoms with Crippen molar-refractivity contribution in [3.63, 3.8) is 0 Å². The number of isothiocyanates is 1. The molecule has 1 aromatic carbocycles. The van der Waals surface area contributed by atoms with E-state index in [9.17, 15) is 0 Å². The van der Waals surface area contributed by atoms with Crippen LogP contribution in [0.4, 0.5) is 5.69 Å². The molecule has 3 aromatic rings. The van der Waals surface area contributed by atoms with Crippen LogP contribution in [0.1, 0.15) is 36.5 Å². The summed E-state index contributed by atoms with van der Waals surface area (Å²) in [7, 11) is 0. The first-order valence-corrected chi connectivity index (χ1v) is 10.3. The van der Waals surface area contributed by atoms with Gasteiger partial charge in [-0.2, -0.15) is 4.99 Å². The largest absolute Gasteiger partial charge is 0.195 e. The Hall–Kier alpha value is -1.58. The van der Waals surface area contributed by atoms with Crippen LogP contribution in [0.3, 0.4) is 0 Å². The van der Waals surface area contributed by atoms with Crippen molar-refractivity contribution < 1.29 is 0 Å². The van der Waals surface area contributed by atoms with E-state index < -0.39 is 0 Å². The fraction of sp³-hybridized carbons (Fsp3) is 0.250. The van der Waals surface area contributed by atoms with Gasteiger partial charge in [0.15, 0.2) is 0 Å². The molecule has 2 aromatic heterocycles. The molecule has 0 aliphatic heterocycles. The summed E-state index contributed by atoms with van der Waals surface area (Å²) in [6, 6.07) is 17.3. The molecule has 0 spiro atoms. The van der Waals surface area contributed by atoms with Crippen LogP contribution in [0.5, 0.6) is 0 Å². The average Bonchev–Trinajstić information content (AvgIpc) is 3.35. The summed E-state index contributed by atoms with van der Waals surface area (Å²) in [5, 5.41) is 2.41. The molecule has 120 valence electrons. The molecule has 0 saturated heterocycles. The maximum atomic E-state index is 4.65. The molecular formula is C20H17NS3. The van der Waals surface area contributed by atoms with Gasteiger partial charge < -0.3 is 0 Å². The van der Waals surface area contributed by atoms with E-state index in [1.165, 1.54) is 45.9 Å². The number of thiocarbonyl (C=S) groups is 1. The molecule has 1 saturated carbocycles. The van der Waals surface area contributed by atoms with E-state index in [0.29, 0.717) is 0 Å². The van der Waals surface area contributed by atoms with Crippen LogP contribution in [0.2, 0.25) is 0 Å². The molecule has 1 fully saturated rings. The lowest BCUT2D eigenvalue weighted by molar-refractivity contribution is 0.738. The van der Waals surface area contributed by atoms with Gasteiger partial charge in [-0.05, 0) is 72.9 Å². The summed E-state index contributed by atoms with van der Waals surface area (Å²) in [6.07, 6.45) is 5.52. The minimum Gasteiger partial charge on any atom is -0.195 e. The molecule has 1 aliphatic carbocycles. The van der Waals surface area contributed by atoms with Gasteiger partial charge in [-0.25, -0.2) is 0 Å².